The lowest BCUT2D eigenvalue weighted by atomic mass is 10.2. The molecule has 0 amide bonds. The average Bonchev–Trinajstić information content (AvgIpc) is 3.31. The summed E-state index contributed by atoms with van der Waals surface area (Å²) in [5.41, 5.74) is 2.67. The molecule has 0 bridgehead atoms. The van der Waals surface area contributed by atoms with Gasteiger partial charge in [-0.1, -0.05) is 5.16 Å². The van der Waals surface area contributed by atoms with E-state index in [9.17, 15) is 4.39 Å². The molecule has 1 aromatic carbocycles. The first-order valence-corrected chi connectivity index (χ1v) is 8.61. The molecule has 0 radical (unpaired) electrons. The van der Waals surface area contributed by atoms with Crippen molar-refractivity contribution in [1.29, 1.82) is 0 Å². The standard InChI is InChI=1S/C18H18FN7O/c1-11-12(2)23-18-21-10-22-26(18)17(11)20-9-3-4-15-24-16(25-27-15)13-5-7-14(19)8-6-13/h5-8,10,20H,3-4,9H2,1-2H3. The SMILES string of the molecule is Cc1nc2ncnn2c(NCCCc2nc(-c3ccc(F)cc3)no2)c1C. The molecule has 8 nitrogen and oxygen atoms in total. The highest BCUT2D eigenvalue weighted by Crippen LogP contribution is 2.19. The first kappa shape index (κ1) is 17.1. The third-order valence-corrected chi connectivity index (χ3v) is 4.34. The maximum Gasteiger partial charge on any atom is 0.254 e. The van der Waals surface area contributed by atoms with Crippen LogP contribution in [0.5, 0.6) is 0 Å². The van der Waals surface area contributed by atoms with Gasteiger partial charge in [0.2, 0.25) is 11.7 Å². The van der Waals surface area contributed by atoms with Crippen LogP contribution in [0.2, 0.25) is 0 Å². The summed E-state index contributed by atoms with van der Waals surface area (Å²) >= 11 is 0. The van der Waals surface area contributed by atoms with E-state index >= 15 is 0 Å². The van der Waals surface area contributed by atoms with Crippen LogP contribution in [0.25, 0.3) is 17.2 Å². The topological polar surface area (TPSA) is 94.0 Å². The van der Waals surface area contributed by atoms with Crippen LogP contribution in [-0.4, -0.2) is 36.3 Å². The Morgan fingerprint density at radius 3 is 2.78 bits per heavy atom. The summed E-state index contributed by atoms with van der Waals surface area (Å²) in [5.74, 6) is 2.16. The fourth-order valence-electron chi connectivity index (χ4n) is 2.76. The molecule has 0 saturated heterocycles. The fourth-order valence-corrected chi connectivity index (χ4v) is 2.76. The van der Waals surface area contributed by atoms with Crippen molar-refractivity contribution in [3.05, 3.63) is 53.6 Å². The number of nitrogens with zero attached hydrogens (tertiary/aromatic N) is 6. The Balaban J connectivity index is 1.38. The number of aryl methyl sites for hydroxylation is 2. The Morgan fingerprint density at radius 2 is 1.96 bits per heavy atom. The average molecular weight is 367 g/mol. The highest BCUT2D eigenvalue weighted by molar-refractivity contribution is 5.54. The molecule has 27 heavy (non-hydrogen) atoms. The zero-order chi connectivity index (χ0) is 18.8. The van der Waals surface area contributed by atoms with Gasteiger partial charge >= 0.3 is 0 Å². The van der Waals surface area contributed by atoms with Crippen LogP contribution in [0, 0.1) is 19.7 Å². The molecule has 0 aliphatic carbocycles. The largest absolute Gasteiger partial charge is 0.370 e. The van der Waals surface area contributed by atoms with Crippen molar-refractivity contribution in [1.82, 2.24) is 29.7 Å². The summed E-state index contributed by atoms with van der Waals surface area (Å²) in [7, 11) is 0. The summed E-state index contributed by atoms with van der Waals surface area (Å²) in [5, 5.41) is 11.6. The first-order chi connectivity index (χ1) is 13.1. The molecule has 3 aromatic heterocycles. The summed E-state index contributed by atoms with van der Waals surface area (Å²) in [6, 6.07) is 6.01. The second-order valence-corrected chi connectivity index (χ2v) is 6.19. The third-order valence-electron chi connectivity index (χ3n) is 4.34. The van der Waals surface area contributed by atoms with Crippen molar-refractivity contribution < 1.29 is 8.91 Å². The van der Waals surface area contributed by atoms with Gasteiger partial charge in [-0.25, -0.2) is 9.37 Å². The number of halogens is 1. The second kappa shape index (κ2) is 7.10. The zero-order valence-corrected chi connectivity index (χ0v) is 15.0. The molecule has 0 unspecified atom stereocenters. The number of rotatable bonds is 6. The second-order valence-electron chi connectivity index (χ2n) is 6.19. The van der Waals surface area contributed by atoms with Gasteiger partial charge in [0.1, 0.15) is 18.0 Å². The molecule has 0 atom stereocenters. The van der Waals surface area contributed by atoms with Gasteiger partial charge in [-0.3, -0.25) is 0 Å². The Bertz CT molecular complexity index is 1070. The van der Waals surface area contributed by atoms with E-state index in [1.807, 2.05) is 13.8 Å². The van der Waals surface area contributed by atoms with Gasteiger partial charge in [0, 0.05) is 29.8 Å². The van der Waals surface area contributed by atoms with E-state index in [4.69, 9.17) is 4.52 Å². The maximum atomic E-state index is 13.0. The van der Waals surface area contributed by atoms with Crippen molar-refractivity contribution in [3.63, 3.8) is 0 Å². The van der Waals surface area contributed by atoms with Gasteiger partial charge in [0.15, 0.2) is 0 Å². The van der Waals surface area contributed by atoms with E-state index in [-0.39, 0.29) is 5.82 Å². The molecule has 0 aliphatic rings. The Labute approximate surface area is 154 Å². The number of anilines is 1. The van der Waals surface area contributed by atoms with Gasteiger partial charge in [0.25, 0.3) is 5.78 Å². The lowest BCUT2D eigenvalue weighted by molar-refractivity contribution is 0.377. The Hall–Kier alpha value is -3.36. The first-order valence-electron chi connectivity index (χ1n) is 8.61. The van der Waals surface area contributed by atoms with Gasteiger partial charge in [0.05, 0.1) is 0 Å². The van der Waals surface area contributed by atoms with Crippen LogP contribution in [0.15, 0.2) is 35.1 Å². The number of hydrogen-bond acceptors (Lipinski definition) is 7. The number of benzene rings is 1. The highest BCUT2D eigenvalue weighted by atomic mass is 19.1. The van der Waals surface area contributed by atoms with Crippen LogP contribution < -0.4 is 5.32 Å². The smallest absolute Gasteiger partial charge is 0.254 e. The predicted molar refractivity (Wildman–Crippen MR) is 96.8 cm³/mol. The van der Waals surface area contributed by atoms with Crippen molar-refractivity contribution in [2.75, 3.05) is 11.9 Å². The van der Waals surface area contributed by atoms with E-state index in [0.717, 1.165) is 29.1 Å². The van der Waals surface area contributed by atoms with E-state index in [1.165, 1.54) is 18.5 Å². The third kappa shape index (κ3) is 3.48. The molecular weight excluding hydrogens is 349 g/mol. The number of aromatic nitrogens is 6. The Kier molecular flexibility index (Phi) is 4.49. The molecule has 0 fully saturated rings. The zero-order valence-electron chi connectivity index (χ0n) is 15.0. The van der Waals surface area contributed by atoms with E-state index in [1.54, 1.807) is 16.6 Å². The van der Waals surface area contributed by atoms with Crippen molar-refractivity contribution in [3.8, 4) is 11.4 Å². The van der Waals surface area contributed by atoms with Crippen molar-refractivity contribution in [2.45, 2.75) is 26.7 Å². The summed E-state index contributed by atoms with van der Waals surface area (Å²) in [4.78, 5) is 12.9. The monoisotopic (exact) mass is 367 g/mol. The van der Waals surface area contributed by atoms with E-state index in [0.29, 0.717) is 30.5 Å². The molecule has 1 N–H and O–H groups in total. The quantitative estimate of drug-likeness (QED) is 0.524. The molecule has 138 valence electrons. The normalized spacial score (nSPS) is 11.2. The molecule has 4 rings (SSSR count). The number of fused-ring (bicyclic) bond motifs is 1. The molecule has 3 heterocycles. The van der Waals surface area contributed by atoms with E-state index < -0.39 is 0 Å². The van der Waals surface area contributed by atoms with Crippen molar-refractivity contribution in [2.24, 2.45) is 0 Å². The summed E-state index contributed by atoms with van der Waals surface area (Å²) in [6.45, 7) is 4.65. The van der Waals surface area contributed by atoms with Crippen LogP contribution in [0.3, 0.4) is 0 Å². The lowest BCUT2D eigenvalue weighted by Crippen LogP contribution is -2.11. The fraction of sp³-hybridized carbons (Fsp3) is 0.278. The minimum Gasteiger partial charge on any atom is -0.370 e. The van der Waals surface area contributed by atoms with Crippen molar-refractivity contribution >= 4 is 11.6 Å². The van der Waals surface area contributed by atoms with Crippen LogP contribution in [0.1, 0.15) is 23.6 Å². The highest BCUT2D eigenvalue weighted by Gasteiger charge is 2.11. The van der Waals surface area contributed by atoms with Crippen LogP contribution >= 0.6 is 0 Å². The van der Waals surface area contributed by atoms with Gasteiger partial charge in [-0.2, -0.15) is 19.6 Å². The van der Waals surface area contributed by atoms with E-state index in [2.05, 4.69) is 30.5 Å². The minimum absolute atomic E-state index is 0.295. The van der Waals surface area contributed by atoms with Crippen LogP contribution in [-0.2, 0) is 6.42 Å². The predicted octanol–water partition coefficient (Wildman–Crippen LogP) is 2.97. The molecular formula is C18H18FN7O. The molecule has 0 spiro atoms. The molecule has 0 saturated carbocycles. The lowest BCUT2D eigenvalue weighted by Gasteiger charge is -2.11. The van der Waals surface area contributed by atoms with Gasteiger partial charge < -0.3 is 9.84 Å². The summed E-state index contributed by atoms with van der Waals surface area (Å²) in [6.07, 6.45) is 2.91. The number of nitrogens with one attached hydrogen (secondary N) is 1. The Morgan fingerprint density at radius 1 is 1.15 bits per heavy atom. The summed E-state index contributed by atoms with van der Waals surface area (Å²) < 4.78 is 20.0. The van der Waals surface area contributed by atoms with Gasteiger partial charge in [-0.15, -0.1) is 0 Å². The molecule has 0 aliphatic heterocycles. The minimum atomic E-state index is -0.295. The number of hydrogen-bond donors (Lipinski definition) is 1. The molecule has 4 aromatic rings. The maximum absolute atomic E-state index is 13.0. The molecule has 9 heteroatoms. The van der Waals surface area contributed by atoms with Gasteiger partial charge in [-0.05, 0) is 44.5 Å². The van der Waals surface area contributed by atoms with Crippen LogP contribution in [0.4, 0.5) is 10.2 Å².